The lowest BCUT2D eigenvalue weighted by atomic mass is 10.0. The molecule has 1 aliphatic heterocycles. The first-order chi connectivity index (χ1) is 15.2. The van der Waals surface area contributed by atoms with Crippen LogP contribution in [0.3, 0.4) is 0 Å². The molecule has 0 aliphatic carbocycles. The van der Waals surface area contributed by atoms with E-state index in [2.05, 4.69) is 31.5 Å². The van der Waals surface area contributed by atoms with Crippen LogP contribution in [0.5, 0.6) is 0 Å². The first-order valence-electron chi connectivity index (χ1n) is 13.1. The van der Waals surface area contributed by atoms with E-state index >= 15 is 0 Å². The van der Waals surface area contributed by atoms with E-state index < -0.39 is 14.1 Å². The monoisotopic (exact) mass is 483 g/mol. The van der Waals surface area contributed by atoms with Gasteiger partial charge < -0.3 is 13.9 Å². The van der Waals surface area contributed by atoms with Gasteiger partial charge in [0, 0.05) is 11.6 Å². The van der Waals surface area contributed by atoms with Gasteiger partial charge >= 0.3 is 0 Å². The third kappa shape index (κ3) is 10.8. The van der Waals surface area contributed by atoms with Gasteiger partial charge in [-0.25, -0.2) is 4.98 Å². The molecule has 0 amide bonds. The second kappa shape index (κ2) is 14.2. The highest BCUT2D eigenvalue weighted by molar-refractivity contribution is 7.09. The van der Waals surface area contributed by atoms with Crippen molar-refractivity contribution >= 4 is 19.7 Å². The summed E-state index contributed by atoms with van der Waals surface area (Å²) in [7, 11) is -1.76. The minimum absolute atomic E-state index is 0.0679. The zero-order chi connectivity index (χ0) is 23.5. The number of thiazole rings is 1. The number of aromatic nitrogens is 1. The number of unbranched alkanes of at least 4 members (excludes halogenated alkanes) is 11. The molecule has 0 saturated carbocycles. The molecule has 1 aliphatic rings. The first kappa shape index (κ1) is 28.0. The Kier molecular flexibility index (Phi) is 12.4. The number of rotatable bonds is 17. The molecule has 0 N–H and O–H groups in total. The normalized spacial score (nSPS) is 21.8. The Morgan fingerprint density at radius 1 is 0.938 bits per heavy atom. The molecule has 0 spiro atoms. The first-order valence-corrected chi connectivity index (χ1v) is 17.4. The number of hydrogen-bond donors (Lipinski definition) is 0. The van der Waals surface area contributed by atoms with Gasteiger partial charge in [-0.3, -0.25) is 0 Å². The maximum atomic E-state index is 6.58. The number of nitrogens with zero attached hydrogens (tertiary/aromatic N) is 1. The van der Waals surface area contributed by atoms with Crippen LogP contribution in [0.25, 0.3) is 0 Å². The third-order valence-electron chi connectivity index (χ3n) is 6.04. The minimum Gasteiger partial charge on any atom is -0.405 e. The van der Waals surface area contributed by atoms with Crippen LogP contribution in [0.1, 0.15) is 115 Å². The van der Waals surface area contributed by atoms with E-state index in [0.717, 1.165) is 11.4 Å². The molecule has 1 fully saturated rings. The molecule has 0 aromatic carbocycles. The summed E-state index contributed by atoms with van der Waals surface area (Å²) in [6, 6.07) is 0. The highest BCUT2D eigenvalue weighted by atomic mass is 32.1. The van der Waals surface area contributed by atoms with E-state index in [4.69, 9.17) is 13.9 Å². The second-order valence-corrected chi connectivity index (χ2v) is 16.2. The second-order valence-electron chi connectivity index (χ2n) is 10.8. The van der Waals surface area contributed by atoms with Crippen molar-refractivity contribution in [3.63, 3.8) is 0 Å². The van der Waals surface area contributed by atoms with Crippen molar-refractivity contribution in [3.05, 3.63) is 16.6 Å². The summed E-state index contributed by atoms with van der Waals surface area (Å²) in [4.78, 5) is 4.57. The fraction of sp³-hybridized carbons (Fsp3) is 0.885. The van der Waals surface area contributed by atoms with E-state index in [1.165, 1.54) is 77.0 Å². The molecule has 32 heavy (non-hydrogen) atoms. The summed E-state index contributed by atoms with van der Waals surface area (Å²) < 4.78 is 19.3. The third-order valence-corrected chi connectivity index (χ3v) is 7.84. The van der Waals surface area contributed by atoms with E-state index in [1.54, 1.807) is 11.3 Å². The average molecular weight is 484 g/mol. The van der Waals surface area contributed by atoms with E-state index in [0.29, 0.717) is 0 Å². The predicted octanol–water partition coefficient (Wildman–Crippen LogP) is 8.65. The van der Waals surface area contributed by atoms with Gasteiger partial charge in [0.2, 0.25) is 0 Å². The highest BCUT2D eigenvalue weighted by Crippen LogP contribution is 2.40. The molecule has 1 aromatic rings. The molecule has 4 nitrogen and oxygen atoms in total. The maximum absolute atomic E-state index is 6.58. The minimum atomic E-state index is -1.76. The lowest BCUT2D eigenvalue weighted by Crippen LogP contribution is -2.38. The molecular weight excluding hydrogens is 434 g/mol. The smallest absolute Gasteiger partial charge is 0.184 e. The Morgan fingerprint density at radius 2 is 1.50 bits per heavy atom. The fourth-order valence-electron chi connectivity index (χ4n) is 4.54. The van der Waals surface area contributed by atoms with Crippen LogP contribution in [0.4, 0.5) is 0 Å². The molecule has 0 radical (unpaired) electrons. The standard InChI is InChI=1S/C26H49NO3SSi/c1-7-8-9-10-11-12-13-14-15-16-17-18-19-22-23(29-26(2,3)28-22)24(30-32(4,5)6)25-27-20-21-31-25/h20-24H,7-19H2,1-6H3/t22-,23-,24-/m1/s1. The highest BCUT2D eigenvalue weighted by Gasteiger charge is 2.47. The molecular formula is C26H49NO3SSi. The van der Waals surface area contributed by atoms with Crippen molar-refractivity contribution in [1.82, 2.24) is 4.98 Å². The molecule has 6 heteroatoms. The van der Waals surface area contributed by atoms with E-state index in [1.807, 2.05) is 25.4 Å². The summed E-state index contributed by atoms with van der Waals surface area (Å²) >= 11 is 1.66. The Labute approximate surface area is 203 Å². The molecule has 2 heterocycles. The van der Waals surface area contributed by atoms with Crippen LogP contribution in [0.2, 0.25) is 19.6 Å². The Hall–Kier alpha value is -0.273. The lowest BCUT2D eigenvalue weighted by molar-refractivity contribution is -0.154. The predicted molar refractivity (Wildman–Crippen MR) is 139 cm³/mol. The van der Waals surface area contributed by atoms with Crippen molar-refractivity contribution in [2.75, 3.05) is 0 Å². The van der Waals surface area contributed by atoms with Gasteiger partial charge in [0.15, 0.2) is 14.1 Å². The van der Waals surface area contributed by atoms with Gasteiger partial charge in [-0.2, -0.15) is 0 Å². The zero-order valence-corrected chi connectivity index (χ0v) is 23.5. The van der Waals surface area contributed by atoms with Crippen LogP contribution in [-0.2, 0) is 13.9 Å². The van der Waals surface area contributed by atoms with Crippen LogP contribution in [-0.4, -0.2) is 31.3 Å². The van der Waals surface area contributed by atoms with Crippen molar-refractivity contribution in [3.8, 4) is 0 Å². The Balaban J connectivity index is 1.73. The van der Waals surface area contributed by atoms with E-state index in [-0.39, 0.29) is 18.3 Å². The largest absolute Gasteiger partial charge is 0.405 e. The number of ether oxygens (including phenoxy) is 2. The molecule has 0 bridgehead atoms. The summed E-state index contributed by atoms with van der Waals surface area (Å²) in [6.07, 6.45) is 19.2. The summed E-state index contributed by atoms with van der Waals surface area (Å²) in [5, 5.41) is 3.04. The Bertz CT molecular complexity index is 603. The van der Waals surface area contributed by atoms with Crippen molar-refractivity contribution in [1.29, 1.82) is 0 Å². The molecule has 1 aromatic heterocycles. The SMILES string of the molecule is CCCCCCCCCCCCCC[C@H]1OC(C)(C)O[C@H]1[C@@H](O[Si](C)(C)C)c1nccs1. The molecule has 0 unspecified atom stereocenters. The number of hydrogen-bond acceptors (Lipinski definition) is 5. The van der Waals surface area contributed by atoms with Gasteiger partial charge in [-0.1, -0.05) is 84.0 Å². The van der Waals surface area contributed by atoms with Crippen molar-refractivity contribution in [2.24, 2.45) is 0 Å². The quantitative estimate of drug-likeness (QED) is 0.164. The topological polar surface area (TPSA) is 40.6 Å². The fourth-order valence-corrected chi connectivity index (χ4v) is 6.34. The molecule has 3 atom stereocenters. The Morgan fingerprint density at radius 3 is 2.00 bits per heavy atom. The van der Waals surface area contributed by atoms with Crippen LogP contribution in [0.15, 0.2) is 11.6 Å². The average Bonchev–Trinajstić information content (AvgIpc) is 3.34. The molecule has 1 saturated heterocycles. The van der Waals surface area contributed by atoms with Gasteiger partial charge in [-0.05, 0) is 39.9 Å². The van der Waals surface area contributed by atoms with Gasteiger partial charge in [0.1, 0.15) is 17.2 Å². The molecule has 2 rings (SSSR count). The lowest BCUT2D eigenvalue weighted by Gasteiger charge is -2.31. The summed E-state index contributed by atoms with van der Waals surface area (Å²) in [5.41, 5.74) is 0. The van der Waals surface area contributed by atoms with E-state index in [9.17, 15) is 0 Å². The van der Waals surface area contributed by atoms with Crippen LogP contribution in [0, 0.1) is 0 Å². The zero-order valence-electron chi connectivity index (χ0n) is 21.7. The summed E-state index contributed by atoms with van der Waals surface area (Å²) in [6.45, 7) is 13.0. The maximum Gasteiger partial charge on any atom is 0.184 e. The summed E-state index contributed by atoms with van der Waals surface area (Å²) in [5.74, 6) is -0.565. The molecule has 186 valence electrons. The van der Waals surface area contributed by atoms with Gasteiger partial charge in [0.05, 0.1) is 6.10 Å². The van der Waals surface area contributed by atoms with Gasteiger partial charge in [-0.15, -0.1) is 11.3 Å². The van der Waals surface area contributed by atoms with Crippen LogP contribution >= 0.6 is 11.3 Å². The van der Waals surface area contributed by atoms with Crippen molar-refractivity contribution in [2.45, 2.75) is 148 Å². The van der Waals surface area contributed by atoms with Gasteiger partial charge in [0.25, 0.3) is 0 Å². The van der Waals surface area contributed by atoms with Crippen LogP contribution < -0.4 is 0 Å². The van der Waals surface area contributed by atoms with Crippen molar-refractivity contribution < 1.29 is 13.9 Å².